The van der Waals surface area contributed by atoms with E-state index in [0.29, 0.717) is 18.6 Å². The number of methoxy groups -OCH3 is 3. The maximum Gasteiger partial charge on any atom is 0.407 e. The fourth-order valence-electron chi connectivity index (χ4n) is 7.68. The van der Waals surface area contributed by atoms with E-state index in [4.69, 9.17) is 23.7 Å². The zero-order valence-electron chi connectivity index (χ0n) is 26.2. The van der Waals surface area contributed by atoms with Gasteiger partial charge in [-0.05, 0) is 73.4 Å². The Balaban J connectivity index is 1.20. The quantitative estimate of drug-likeness (QED) is 0.279. The maximum atomic E-state index is 13.4. The molecule has 11 heteroatoms. The molecule has 2 fully saturated rings. The van der Waals surface area contributed by atoms with Crippen molar-refractivity contribution in [1.82, 2.24) is 15.2 Å². The summed E-state index contributed by atoms with van der Waals surface area (Å²) in [6, 6.07) is 13.1. The summed E-state index contributed by atoms with van der Waals surface area (Å²) in [7, 11) is 4.63. The Morgan fingerprint density at radius 2 is 1.84 bits per heavy atom. The van der Waals surface area contributed by atoms with Crippen molar-refractivity contribution in [3.63, 3.8) is 0 Å². The molecule has 2 aromatic carbocycles. The number of piperidine rings is 1. The molecule has 3 aromatic rings. The number of nitrogens with one attached hydrogen (secondary N) is 2. The molecule has 1 amide bonds. The number of rotatable bonds is 8. The predicted molar refractivity (Wildman–Crippen MR) is 165 cm³/mol. The Kier molecular flexibility index (Phi) is 9.00. The minimum Gasteiger partial charge on any atom is -0.497 e. The molecule has 2 aliphatic heterocycles. The van der Waals surface area contributed by atoms with E-state index in [1.807, 2.05) is 12.1 Å². The molecule has 0 unspecified atom stereocenters. The van der Waals surface area contributed by atoms with E-state index in [-0.39, 0.29) is 30.4 Å². The van der Waals surface area contributed by atoms with Crippen molar-refractivity contribution in [1.29, 1.82) is 0 Å². The van der Waals surface area contributed by atoms with Crippen LogP contribution in [0, 0.1) is 17.8 Å². The molecule has 0 bridgehead atoms. The van der Waals surface area contributed by atoms with E-state index in [9.17, 15) is 14.4 Å². The molecule has 1 aliphatic carbocycles. The summed E-state index contributed by atoms with van der Waals surface area (Å²) in [6.45, 7) is 4.01. The zero-order valence-corrected chi connectivity index (χ0v) is 26.2. The van der Waals surface area contributed by atoms with Crippen LogP contribution in [-0.4, -0.2) is 81.1 Å². The van der Waals surface area contributed by atoms with Gasteiger partial charge in [0.15, 0.2) is 0 Å². The molecule has 11 nitrogen and oxygen atoms in total. The van der Waals surface area contributed by atoms with Crippen molar-refractivity contribution < 1.29 is 38.1 Å². The lowest BCUT2D eigenvalue weighted by Gasteiger charge is -2.52. The lowest BCUT2D eigenvalue weighted by atomic mass is 9.63. The van der Waals surface area contributed by atoms with Crippen LogP contribution in [0.1, 0.15) is 53.0 Å². The van der Waals surface area contributed by atoms with Gasteiger partial charge < -0.3 is 34.0 Å². The van der Waals surface area contributed by atoms with Gasteiger partial charge in [-0.2, -0.15) is 0 Å². The minimum absolute atomic E-state index is 0.00307. The Morgan fingerprint density at radius 3 is 2.56 bits per heavy atom. The molecule has 6 atom stereocenters. The number of carbonyl (C=O) groups is 3. The van der Waals surface area contributed by atoms with Gasteiger partial charge in [0.25, 0.3) is 0 Å². The zero-order chi connectivity index (χ0) is 31.7. The fraction of sp³-hybridized carbons (Fsp3) is 0.500. The highest BCUT2D eigenvalue weighted by Crippen LogP contribution is 2.50. The van der Waals surface area contributed by atoms with Crippen LogP contribution in [0.15, 0.2) is 42.5 Å². The molecule has 1 aromatic heterocycles. The number of benzene rings is 2. The second kappa shape index (κ2) is 13.1. The van der Waals surface area contributed by atoms with Gasteiger partial charge in [0.2, 0.25) is 0 Å². The monoisotopic (exact) mass is 619 g/mol. The number of carbonyl (C=O) groups excluding carboxylic acids is 3. The van der Waals surface area contributed by atoms with Crippen LogP contribution in [0.5, 0.6) is 5.75 Å². The first-order valence-corrected chi connectivity index (χ1v) is 15.6. The van der Waals surface area contributed by atoms with Crippen LogP contribution in [0.25, 0.3) is 10.9 Å². The number of nitrogens with zero attached hydrogens (tertiary/aromatic N) is 1. The van der Waals surface area contributed by atoms with Crippen LogP contribution in [-0.2, 0) is 36.7 Å². The second-order valence-electron chi connectivity index (χ2n) is 12.0. The Bertz CT molecular complexity index is 1550. The summed E-state index contributed by atoms with van der Waals surface area (Å²) in [4.78, 5) is 44.5. The number of hydrogen-bond acceptors (Lipinski definition) is 9. The molecule has 1 saturated heterocycles. The van der Waals surface area contributed by atoms with Crippen LogP contribution in [0.3, 0.4) is 0 Å². The Morgan fingerprint density at radius 1 is 1.04 bits per heavy atom. The molecular formula is C34H41N3O8. The Hall–Kier alpha value is -4.09. The first kappa shape index (κ1) is 30.9. The fourth-order valence-corrected chi connectivity index (χ4v) is 7.68. The summed E-state index contributed by atoms with van der Waals surface area (Å²) >= 11 is 0. The first-order valence-electron chi connectivity index (χ1n) is 15.6. The minimum atomic E-state index is -0.641. The van der Waals surface area contributed by atoms with Crippen molar-refractivity contribution in [3.05, 3.63) is 64.8 Å². The molecule has 240 valence electrons. The van der Waals surface area contributed by atoms with E-state index < -0.39 is 30.2 Å². The number of ether oxygens (including phenoxy) is 5. The van der Waals surface area contributed by atoms with Crippen molar-refractivity contribution in [2.24, 2.45) is 17.8 Å². The highest BCUT2D eigenvalue weighted by atomic mass is 16.6. The maximum absolute atomic E-state index is 13.4. The van der Waals surface area contributed by atoms with E-state index in [0.717, 1.165) is 42.8 Å². The third-order valence-electron chi connectivity index (χ3n) is 9.76. The largest absolute Gasteiger partial charge is 0.497 e. The number of amides is 1. The molecule has 0 radical (unpaired) electrons. The Labute approximate surface area is 262 Å². The van der Waals surface area contributed by atoms with Crippen molar-refractivity contribution in [3.8, 4) is 5.75 Å². The summed E-state index contributed by atoms with van der Waals surface area (Å²) in [6.07, 6.45) is 0.532. The average Bonchev–Trinajstić information content (AvgIpc) is 3.44. The molecule has 1 saturated carbocycles. The number of esters is 2. The van der Waals surface area contributed by atoms with Crippen molar-refractivity contribution in [2.45, 2.75) is 51.0 Å². The van der Waals surface area contributed by atoms with Crippen molar-refractivity contribution in [2.75, 3.05) is 41.0 Å². The van der Waals surface area contributed by atoms with Gasteiger partial charge in [-0.25, -0.2) is 9.59 Å². The SMILES string of the molecule is CCOC(=O)NCc1ccc(C(=O)O[C@@H]2C[C@@H]3CN4CCc5c([nH]c6cc(OC)ccc56)[C@H]4C[C@@H]3[C@H](C(=O)OC)[C@H]2OC)cc1. The van der Waals surface area contributed by atoms with E-state index in [1.165, 1.54) is 23.8 Å². The molecule has 45 heavy (non-hydrogen) atoms. The highest BCUT2D eigenvalue weighted by Gasteiger charge is 2.54. The van der Waals surface area contributed by atoms with Gasteiger partial charge in [-0.15, -0.1) is 0 Å². The van der Waals surface area contributed by atoms with Gasteiger partial charge in [0.1, 0.15) is 18.0 Å². The summed E-state index contributed by atoms with van der Waals surface area (Å²) in [5.41, 5.74) is 4.78. The summed E-state index contributed by atoms with van der Waals surface area (Å²) < 4.78 is 27.7. The van der Waals surface area contributed by atoms with E-state index in [1.54, 1.807) is 45.4 Å². The first-order chi connectivity index (χ1) is 21.8. The summed E-state index contributed by atoms with van der Waals surface area (Å²) in [5.74, 6) is -0.482. The van der Waals surface area contributed by atoms with Gasteiger partial charge in [-0.1, -0.05) is 12.1 Å². The van der Waals surface area contributed by atoms with E-state index >= 15 is 0 Å². The smallest absolute Gasteiger partial charge is 0.407 e. The molecule has 3 heterocycles. The lowest BCUT2D eigenvalue weighted by molar-refractivity contribution is -0.176. The molecule has 6 rings (SSSR count). The van der Waals surface area contributed by atoms with Crippen LogP contribution < -0.4 is 10.1 Å². The predicted octanol–water partition coefficient (Wildman–Crippen LogP) is 4.39. The van der Waals surface area contributed by atoms with Crippen LogP contribution >= 0.6 is 0 Å². The lowest BCUT2D eigenvalue weighted by Crippen LogP contribution is -2.58. The van der Waals surface area contributed by atoms with Gasteiger partial charge in [0.05, 0.1) is 38.3 Å². The van der Waals surface area contributed by atoms with Crippen LogP contribution in [0.4, 0.5) is 4.79 Å². The number of fused-ring (bicyclic) bond motifs is 6. The second-order valence-corrected chi connectivity index (χ2v) is 12.0. The van der Waals surface area contributed by atoms with E-state index in [2.05, 4.69) is 21.3 Å². The number of alkyl carbamates (subject to hydrolysis) is 1. The third kappa shape index (κ3) is 5.98. The number of aromatic amines is 1. The molecule has 3 aliphatic rings. The van der Waals surface area contributed by atoms with Crippen molar-refractivity contribution >= 4 is 28.9 Å². The van der Waals surface area contributed by atoms with Crippen LogP contribution in [0.2, 0.25) is 0 Å². The van der Waals surface area contributed by atoms with Gasteiger partial charge in [-0.3, -0.25) is 9.69 Å². The van der Waals surface area contributed by atoms with Gasteiger partial charge in [0, 0.05) is 49.4 Å². The third-order valence-corrected chi connectivity index (χ3v) is 9.76. The number of hydrogen-bond donors (Lipinski definition) is 2. The standard InChI is InChI=1S/C34H41N3O8/c1-5-44-34(40)35-17-19-6-8-20(9-7-19)32(38)45-28-14-21-18-37-13-12-24-23-11-10-22(41-2)15-26(23)36-30(24)27(37)16-25(21)29(31(28)42-3)33(39)43-4/h6-11,15,21,25,27-29,31,36H,5,12-14,16-18H2,1-4H3,(H,35,40)/t21-,25+,27-,28-,29+,31+/m1/s1. The molecule has 0 spiro atoms. The molecular weight excluding hydrogens is 578 g/mol. The highest BCUT2D eigenvalue weighted by molar-refractivity contribution is 5.89. The number of H-pyrrole nitrogens is 1. The number of aromatic nitrogens is 1. The molecule has 2 N–H and O–H groups in total. The average molecular weight is 620 g/mol. The topological polar surface area (TPSA) is 128 Å². The summed E-state index contributed by atoms with van der Waals surface area (Å²) in [5, 5.41) is 3.88. The van der Waals surface area contributed by atoms with Gasteiger partial charge >= 0.3 is 18.0 Å². The normalized spacial score (nSPS) is 25.8.